The van der Waals surface area contributed by atoms with E-state index in [0.717, 1.165) is 22.4 Å². The Labute approximate surface area is 236 Å². The molecule has 4 aromatic rings. The van der Waals surface area contributed by atoms with Crippen molar-refractivity contribution in [2.24, 2.45) is 17.8 Å². The summed E-state index contributed by atoms with van der Waals surface area (Å²) in [5.41, 5.74) is 10.1. The number of hydrogen-bond acceptors (Lipinski definition) is 8. The fraction of sp³-hybridized carbons (Fsp3) is 0.286. The van der Waals surface area contributed by atoms with Gasteiger partial charge in [0, 0.05) is 79.9 Å². The van der Waals surface area contributed by atoms with Crippen molar-refractivity contribution in [3.8, 4) is 6.07 Å². The molecule has 6 rings (SSSR count). The van der Waals surface area contributed by atoms with Gasteiger partial charge < -0.3 is 15.5 Å². The van der Waals surface area contributed by atoms with E-state index < -0.39 is 11.6 Å². The van der Waals surface area contributed by atoms with Crippen molar-refractivity contribution >= 4 is 29.4 Å². The van der Waals surface area contributed by atoms with E-state index >= 15 is 0 Å². The number of carbonyl (C=O) groups is 1. The number of halogens is 1. The molecule has 0 saturated carbocycles. The van der Waals surface area contributed by atoms with Crippen LogP contribution in [-0.4, -0.2) is 67.7 Å². The maximum Gasteiger partial charge on any atom is 0.244 e. The number of hydrogen-bond donors (Lipinski definition) is 1. The largest absolute Gasteiger partial charge is 0.368 e. The van der Waals surface area contributed by atoms with E-state index in [9.17, 15) is 10.1 Å². The normalized spacial score (nSPS) is 19.2. The monoisotopic (exact) mass is 554 g/mol. The first kappa shape index (κ1) is 25.7. The molecule has 0 aliphatic carbocycles. The summed E-state index contributed by atoms with van der Waals surface area (Å²) >= 11 is 5.99. The van der Waals surface area contributed by atoms with Crippen LogP contribution in [0.2, 0.25) is 5.02 Å². The molecule has 0 bridgehead atoms. The first-order chi connectivity index (χ1) is 19.4. The Balaban J connectivity index is 1.29. The number of anilines is 1. The lowest BCUT2D eigenvalue weighted by Crippen LogP contribution is -2.51. The Morgan fingerprint density at radius 2 is 1.88 bits per heavy atom. The summed E-state index contributed by atoms with van der Waals surface area (Å²) in [6.07, 6.45) is 10.6. The van der Waals surface area contributed by atoms with Gasteiger partial charge >= 0.3 is 0 Å². The lowest BCUT2D eigenvalue weighted by molar-refractivity contribution is -0.133. The van der Waals surface area contributed by atoms with E-state index in [2.05, 4.69) is 26.2 Å². The number of aromatic nitrogens is 5. The second kappa shape index (κ2) is 10.2. The van der Waals surface area contributed by atoms with Gasteiger partial charge in [0.1, 0.15) is 17.6 Å². The summed E-state index contributed by atoms with van der Waals surface area (Å²) in [5.74, 6) is -0.111. The molecule has 40 heavy (non-hydrogen) atoms. The van der Waals surface area contributed by atoms with Crippen LogP contribution in [-0.2, 0) is 23.9 Å². The first-order valence-corrected chi connectivity index (χ1v) is 13.3. The van der Waals surface area contributed by atoms with E-state index in [1.807, 2.05) is 41.3 Å². The van der Waals surface area contributed by atoms with E-state index in [1.54, 1.807) is 47.6 Å². The van der Waals surface area contributed by atoms with Crippen LogP contribution in [0.1, 0.15) is 34.0 Å². The highest BCUT2D eigenvalue weighted by molar-refractivity contribution is 6.30. The van der Waals surface area contributed by atoms with Crippen molar-refractivity contribution in [2.45, 2.75) is 18.1 Å². The highest BCUT2D eigenvalue weighted by Crippen LogP contribution is 2.42. The van der Waals surface area contributed by atoms with Crippen molar-refractivity contribution in [3.05, 3.63) is 94.3 Å². The Bertz CT molecular complexity index is 1630. The van der Waals surface area contributed by atoms with Gasteiger partial charge in [-0.2, -0.15) is 15.5 Å². The molecule has 2 atom stereocenters. The zero-order valence-electron chi connectivity index (χ0n) is 21.9. The summed E-state index contributed by atoms with van der Waals surface area (Å²) in [6, 6.07) is 10.5. The molecule has 12 heteroatoms. The third-order valence-electron chi connectivity index (χ3n) is 7.64. The molecule has 3 aromatic heterocycles. The van der Waals surface area contributed by atoms with Gasteiger partial charge in [0.05, 0.1) is 30.2 Å². The molecule has 11 nitrogen and oxygen atoms in total. The van der Waals surface area contributed by atoms with Crippen LogP contribution in [0.5, 0.6) is 0 Å². The van der Waals surface area contributed by atoms with Crippen LogP contribution in [0.25, 0.3) is 0 Å². The molecule has 2 aliphatic rings. The highest BCUT2D eigenvalue weighted by Gasteiger charge is 2.42. The molecule has 1 amide bonds. The second-order valence-corrected chi connectivity index (χ2v) is 10.4. The first-order valence-electron chi connectivity index (χ1n) is 12.9. The molecule has 1 fully saturated rings. The molecule has 2 aliphatic heterocycles. The number of benzene rings is 1. The molecular formula is C28H27ClN10O. The summed E-state index contributed by atoms with van der Waals surface area (Å²) in [7, 11) is 1.87. The van der Waals surface area contributed by atoms with Crippen molar-refractivity contribution in [2.75, 3.05) is 31.1 Å². The van der Waals surface area contributed by atoms with Gasteiger partial charge in [0.25, 0.3) is 0 Å². The van der Waals surface area contributed by atoms with Gasteiger partial charge in [-0.25, -0.2) is 0 Å². The molecule has 5 heterocycles. The molecule has 0 spiro atoms. The average molecular weight is 555 g/mol. The van der Waals surface area contributed by atoms with Crippen molar-refractivity contribution in [1.29, 1.82) is 5.26 Å². The smallest absolute Gasteiger partial charge is 0.244 e. The molecule has 1 saturated heterocycles. The topological polar surface area (TPSA) is 134 Å². The Morgan fingerprint density at radius 1 is 1.10 bits per heavy atom. The fourth-order valence-electron chi connectivity index (χ4n) is 5.44. The SMILES string of the molecule is Cn1cc(C2(c3cnccc3N3CCN(C(=O)C(N)c4ccc(Cl)cc4)CC3)Cn3ncc(C#N)c3C=N2)cn1. The van der Waals surface area contributed by atoms with E-state index in [-0.39, 0.29) is 5.91 Å². The minimum Gasteiger partial charge on any atom is -0.368 e. The molecule has 202 valence electrons. The van der Waals surface area contributed by atoms with Gasteiger partial charge in [-0.3, -0.25) is 24.1 Å². The summed E-state index contributed by atoms with van der Waals surface area (Å²) in [5, 5.41) is 19.0. The number of piperazine rings is 1. The zero-order valence-corrected chi connectivity index (χ0v) is 22.6. The van der Waals surface area contributed by atoms with Crippen molar-refractivity contribution in [3.63, 3.8) is 0 Å². The zero-order chi connectivity index (χ0) is 27.9. The Kier molecular flexibility index (Phi) is 6.57. The molecule has 0 radical (unpaired) electrons. The summed E-state index contributed by atoms with van der Waals surface area (Å²) in [4.78, 5) is 26.8. The third-order valence-corrected chi connectivity index (χ3v) is 7.89. The van der Waals surface area contributed by atoms with Crippen LogP contribution in [0, 0.1) is 11.3 Å². The van der Waals surface area contributed by atoms with Crippen LogP contribution in [0.3, 0.4) is 0 Å². The fourth-order valence-corrected chi connectivity index (χ4v) is 5.57. The van der Waals surface area contributed by atoms with Gasteiger partial charge in [0.2, 0.25) is 5.91 Å². The van der Waals surface area contributed by atoms with E-state index in [4.69, 9.17) is 22.3 Å². The third kappa shape index (κ3) is 4.41. The maximum absolute atomic E-state index is 13.2. The number of aliphatic imine (C=N–C) groups is 1. The lowest BCUT2D eigenvalue weighted by Gasteiger charge is -2.40. The van der Waals surface area contributed by atoms with Gasteiger partial charge in [-0.1, -0.05) is 23.7 Å². The molecule has 2 N–H and O–H groups in total. The number of nitrogens with zero attached hydrogens (tertiary/aromatic N) is 9. The van der Waals surface area contributed by atoms with Crippen LogP contribution >= 0.6 is 11.6 Å². The van der Waals surface area contributed by atoms with Gasteiger partial charge in [0.15, 0.2) is 0 Å². The molecule has 2 unspecified atom stereocenters. The Hall–Kier alpha value is -4.53. The number of pyridine rings is 1. The summed E-state index contributed by atoms with van der Waals surface area (Å²) < 4.78 is 3.56. The minimum absolute atomic E-state index is 0.111. The van der Waals surface area contributed by atoms with Crippen LogP contribution in [0.15, 0.2) is 66.3 Å². The highest BCUT2D eigenvalue weighted by atomic mass is 35.5. The maximum atomic E-state index is 13.2. The molecule has 1 aromatic carbocycles. The van der Waals surface area contributed by atoms with Crippen LogP contribution < -0.4 is 10.6 Å². The number of carbonyl (C=O) groups excluding carboxylic acids is 1. The average Bonchev–Trinajstić information content (AvgIpc) is 3.62. The number of fused-ring (bicyclic) bond motifs is 1. The number of nitrogens with two attached hydrogens (primary N) is 1. The number of rotatable bonds is 5. The predicted octanol–water partition coefficient (Wildman–Crippen LogP) is 2.26. The van der Waals surface area contributed by atoms with Crippen molar-refractivity contribution in [1.82, 2.24) is 29.4 Å². The lowest BCUT2D eigenvalue weighted by atomic mass is 9.83. The Morgan fingerprint density at radius 3 is 2.58 bits per heavy atom. The summed E-state index contributed by atoms with van der Waals surface area (Å²) in [6.45, 7) is 2.68. The van der Waals surface area contributed by atoms with Crippen molar-refractivity contribution < 1.29 is 4.79 Å². The number of amides is 1. The quantitative estimate of drug-likeness (QED) is 0.400. The van der Waals surface area contributed by atoms with E-state index in [1.165, 1.54) is 0 Å². The second-order valence-electron chi connectivity index (χ2n) is 9.97. The molecular weight excluding hydrogens is 528 g/mol. The predicted molar refractivity (Wildman–Crippen MR) is 150 cm³/mol. The van der Waals surface area contributed by atoms with Gasteiger partial charge in [-0.15, -0.1) is 0 Å². The van der Waals surface area contributed by atoms with Gasteiger partial charge in [-0.05, 0) is 23.8 Å². The van der Waals surface area contributed by atoms with E-state index in [0.29, 0.717) is 49.0 Å². The standard InChI is InChI=1S/C28H27ClN10O/c1-36-17-21(14-34-36)28(18-39-25(16-33-28)20(12-30)13-35-39)23-15-32-7-6-24(23)37-8-10-38(11-9-37)27(40)26(31)19-2-4-22(29)5-3-19/h2-7,13-17,26H,8-11,18,31H2,1H3. The number of aryl methyl sites for hydroxylation is 1. The number of nitriles is 1. The van der Waals surface area contributed by atoms with Crippen LogP contribution in [0.4, 0.5) is 5.69 Å². The minimum atomic E-state index is -0.854.